The summed E-state index contributed by atoms with van der Waals surface area (Å²) < 4.78 is 62.4. The van der Waals surface area contributed by atoms with Crippen LogP contribution in [0.2, 0.25) is 0 Å². The smallest absolute Gasteiger partial charge is 0.324 e. The van der Waals surface area contributed by atoms with Crippen molar-refractivity contribution in [1.29, 1.82) is 0 Å². The summed E-state index contributed by atoms with van der Waals surface area (Å²) in [4.78, 5) is 0. The van der Waals surface area contributed by atoms with Crippen molar-refractivity contribution in [1.82, 2.24) is 0 Å². The minimum absolute atomic E-state index is 0. The lowest BCUT2D eigenvalue weighted by molar-refractivity contribution is -0.138. The number of rotatable bonds is 2. The van der Waals surface area contributed by atoms with Crippen LogP contribution < -0.4 is 5.73 Å². The molecular weight excluding hydrogens is 265 g/mol. The van der Waals surface area contributed by atoms with E-state index in [0.717, 1.165) is 6.07 Å². The Balaban J connectivity index is 0.00000256. The Hall–Kier alpha value is -0.880. The molecule has 98 valence electrons. The second kappa shape index (κ2) is 5.64. The molecule has 0 amide bonds. The van der Waals surface area contributed by atoms with E-state index in [2.05, 4.69) is 0 Å². The molecule has 0 aliphatic carbocycles. The predicted octanol–water partition coefficient (Wildman–Crippen LogP) is 3.65. The molecule has 0 saturated carbocycles. The van der Waals surface area contributed by atoms with Crippen LogP contribution in [0.25, 0.3) is 0 Å². The van der Waals surface area contributed by atoms with Gasteiger partial charge in [-0.25, -0.2) is 8.78 Å². The van der Waals surface area contributed by atoms with Crippen LogP contribution in [0.5, 0.6) is 0 Å². The second-order valence-corrected chi connectivity index (χ2v) is 3.53. The third-order valence-electron chi connectivity index (χ3n) is 2.16. The van der Waals surface area contributed by atoms with Crippen molar-refractivity contribution in [2.75, 3.05) is 0 Å². The van der Waals surface area contributed by atoms with Crippen molar-refractivity contribution < 1.29 is 22.0 Å². The van der Waals surface area contributed by atoms with Gasteiger partial charge >= 0.3 is 6.18 Å². The van der Waals surface area contributed by atoms with Crippen molar-refractivity contribution >= 4 is 12.4 Å². The van der Waals surface area contributed by atoms with E-state index in [-0.39, 0.29) is 18.0 Å². The van der Waals surface area contributed by atoms with Gasteiger partial charge in [0.1, 0.15) is 0 Å². The fourth-order valence-corrected chi connectivity index (χ4v) is 1.31. The second-order valence-electron chi connectivity index (χ2n) is 3.53. The van der Waals surface area contributed by atoms with Crippen molar-refractivity contribution in [3.63, 3.8) is 0 Å². The first-order chi connectivity index (χ1) is 7.22. The summed E-state index contributed by atoms with van der Waals surface area (Å²) in [5.74, 6) is -2.47. The summed E-state index contributed by atoms with van der Waals surface area (Å²) in [5.41, 5.74) is 4.74. The van der Waals surface area contributed by atoms with Gasteiger partial charge in [-0.1, -0.05) is 12.1 Å². The van der Waals surface area contributed by atoms with Crippen LogP contribution in [-0.4, -0.2) is 6.18 Å². The first kappa shape index (κ1) is 16.1. The van der Waals surface area contributed by atoms with Gasteiger partial charge in [0.15, 0.2) is 11.6 Å². The Morgan fingerprint density at radius 1 is 1.18 bits per heavy atom. The predicted molar refractivity (Wildman–Crippen MR) is 55.9 cm³/mol. The van der Waals surface area contributed by atoms with E-state index in [0.29, 0.717) is 0 Å². The number of aryl methyl sites for hydroxylation is 1. The maximum Gasteiger partial charge on any atom is 0.390 e. The molecule has 0 saturated heterocycles. The standard InChI is InChI=1S/C10H10F5N.ClH/c1-5-2-3-6(9(12)8(5)11)7(16)4-10(13,14)15;/h2-3,7H,4,16H2,1H3;1H/t7-;/m0./s1. The molecule has 1 rings (SSSR count). The average molecular weight is 276 g/mol. The lowest BCUT2D eigenvalue weighted by Crippen LogP contribution is -2.21. The van der Waals surface area contributed by atoms with Gasteiger partial charge in [0.05, 0.1) is 6.42 Å². The van der Waals surface area contributed by atoms with Crippen LogP contribution in [0.1, 0.15) is 23.6 Å². The van der Waals surface area contributed by atoms with Crippen molar-refractivity contribution in [3.8, 4) is 0 Å². The molecule has 7 heteroatoms. The molecule has 1 nitrogen and oxygen atoms in total. The first-order valence-corrected chi connectivity index (χ1v) is 4.49. The van der Waals surface area contributed by atoms with E-state index in [9.17, 15) is 22.0 Å². The molecule has 1 atom stereocenters. The lowest BCUT2D eigenvalue weighted by Gasteiger charge is -2.15. The van der Waals surface area contributed by atoms with Gasteiger partial charge in [0.25, 0.3) is 0 Å². The molecule has 2 N–H and O–H groups in total. The van der Waals surface area contributed by atoms with Crippen molar-refractivity contribution in [3.05, 3.63) is 34.9 Å². The number of alkyl halides is 3. The molecule has 0 aliphatic heterocycles. The van der Waals surface area contributed by atoms with Crippen LogP contribution in [-0.2, 0) is 0 Å². The monoisotopic (exact) mass is 275 g/mol. The molecule has 0 spiro atoms. The summed E-state index contributed by atoms with van der Waals surface area (Å²) in [6, 6.07) is 0.684. The zero-order valence-electron chi connectivity index (χ0n) is 8.81. The normalized spacial score (nSPS) is 13.1. The van der Waals surface area contributed by atoms with Gasteiger partial charge in [-0.2, -0.15) is 13.2 Å². The Kier molecular flexibility index (Phi) is 5.35. The molecule has 17 heavy (non-hydrogen) atoms. The molecular formula is C10H11ClF5N. The van der Waals surface area contributed by atoms with E-state index < -0.39 is 35.8 Å². The zero-order chi connectivity index (χ0) is 12.5. The van der Waals surface area contributed by atoms with E-state index >= 15 is 0 Å². The third-order valence-corrected chi connectivity index (χ3v) is 2.16. The van der Waals surface area contributed by atoms with Crippen LogP contribution in [0, 0.1) is 18.6 Å². The highest BCUT2D eigenvalue weighted by Gasteiger charge is 2.32. The number of benzene rings is 1. The highest BCUT2D eigenvalue weighted by molar-refractivity contribution is 5.85. The van der Waals surface area contributed by atoms with E-state index in [1.807, 2.05) is 0 Å². The van der Waals surface area contributed by atoms with Crippen molar-refractivity contribution in [2.45, 2.75) is 25.6 Å². The molecule has 0 aromatic heterocycles. The number of hydrogen-bond donors (Lipinski definition) is 1. The van der Waals surface area contributed by atoms with Crippen LogP contribution in [0.15, 0.2) is 12.1 Å². The average Bonchev–Trinajstić information content (AvgIpc) is 2.11. The topological polar surface area (TPSA) is 26.0 Å². The maximum absolute atomic E-state index is 13.3. The molecule has 0 unspecified atom stereocenters. The molecule has 1 aromatic carbocycles. The van der Waals surface area contributed by atoms with E-state index in [1.165, 1.54) is 13.0 Å². The summed E-state index contributed by atoms with van der Waals surface area (Å²) >= 11 is 0. The van der Waals surface area contributed by atoms with Gasteiger partial charge in [-0.15, -0.1) is 12.4 Å². The van der Waals surface area contributed by atoms with E-state index in [1.54, 1.807) is 0 Å². The summed E-state index contributed by atoms with van der Waals surface area (Å²) in [5, 5.41) is 0. The van der Waals surface area contributed by atoms with Crippen molar-refractivity contribution in [2.24, 2.45) is 5.73 Å². The van der Waals surface area contributed by atoms with Crippen LogP contribution in [0.4, 0.5) is 22.0 Å². The first-order valence-electron chi connectivity index (χ1n) is 4.49. The highest BCUT2D eigenvalue weighted by atomic mass is 35.5. The van der Waals surface area contributed by atoms with Gasteiger partial charge in [0.2, 0.25) is 0 Å². The summed E-state index contributed by atoms with van der Waals surface area (Å²) in [6.45, 7) is 1.32. The molecule has 0 fully saturated rings. The van der Waals surface area contributed by atoms with Gasteiger partial charge in [-0.3, -0.25) is 0 Å². The molecule has 0 bridgehead atoms. The molecule has 0 radical (unpaired) electrons. The Labute approximate surface area is 101 Å². The minimum Gasteiger partial charge on any atom is -0.324 e. The quantitative estimate of drug-likeness (QED) is 0.819. The Morgan fingerprint density at radius 2 is 1.71 bits per heavy atom. The SMILES string of the molecule is Cc1ccc([C@@H](N)CC(F)(F)F)c(F)c1F.Cl. The van der Waals surface area contributed by atoms with E-state index in [4.69, 9.17) is 5.73 Å². The fraction of sp³-hybridized carbons (Fsp3) is 0.400. The molecule has 0 aliphatic rings. The number of nitrogens with two attached hydrogens (primary N) is 1. The van der Waals surface area contributed by atoms with Crippen LogP contribution in [0.3, 0.4) is 0 Å². The Bertz CT molecular complexity index is 391. The van der Waals surface area contributed by atoms with Gasteiger partial charge in [0, 0.05) is 11.6 Å². The highest BCUT2D eigenvalue weighted by Crippen LogP contribution is 2.30. The summed E-state index contributed by atoms with van der Waals surface area (Å²) in [6.07, 6.45) is -5.89. The maximum atomic E-state index is 13.3. The lowest BCUT2D eigenvalue weighted by atomic mass is 10.0. The van der Waals surface area contributed by atoms with Gasteiger partial charge < -0.3 is 5.73 Å². The van der Waals surface area contributed by atoms with Crippen LogP contribution >= 0.6 is 12.4 Å². The zero-order valence-corrected chi connectivity index (χ0v) is 9.63. The minimum atomic E-state index is -4.51. The largest absolute Gasteiger partial charge is 0.390 e. The number of hydrogen-bond acceptors (Lipinski definition) is 1. The number of halogens is 6. The third kappa shape index (κ3) is 4.12. The summed E-state index contributed by atoms with van der Waals surface area (Å²) in [7, 11) is 0. The molecule has 0 heterocycles. The fourth-order valence-electron chi connectivity index (χ4n) is 1.31. The molecule has 1 aromatic rings. The van der Waals surface area contributed by atoms with Gasteiger partial charge in [-0.05, 0) is 12.5 Å². The Morgan fingerprint density at radius 3 is 2.18 bits per heavy atom.